The van der Waals surface area contributed by atoms with Crippen LogP contribution in [-0.4, -0.2) is 24.3 Å². The molecule has 0 spiro atoms. The number of rotatable bonds is 3. The summed E-state index contributed by atoms with van der Waals surface area (Å²) < 4.78 is 33.2. The van der Waals surface area contributed by atoms with Gasteiger partial charge in [-0.15, -0.1) is 0 Å². The van der Waals surface area contributed by atoms with Crippen LogP contribution in [0.3, 0.4) is 0 Å². The Morgan fingerprint density at radius 1 is 1.85 bits per heavy atom. The molecule has 2 unspecified atom stereocenters. The molecule has 74 valence electrons. The molecule has 0 saturated carbocycles. The maximum Gasteiger partial charge on any atom is 0.358 e. The van der Waals surface area contributed by atoms with Gasteiger partial charge in [-0.1, -0.05) is 6.58 Å². The third-order valence-electron chi connectivity index (χ3n) is 1.75. The third kappa shape index (κ3) is 2.48. The van der Waals surface area contributed by atoms with Crippen molar-refractivity contribution in [3.8, 4) is 0 Å². The van der Waals surface area contributed by atoms with E-state index in [0.29, 0.717) is 0 Å². The molecule has 1 heterocycles. The van der Waals surface area contributed by atoms with Gasteiger partial charge < -0.3 is 9.47 Å². The lowest BCUT2D eigenvalue weighted by molar-refractivity contribution is -0.364. The van der Waals surface area contributed by atoms with Crippen molar-refractivity contribution >= 4 is 5.97 Å². The molecule has 1 fully saturated rings. The summed E-state index contributed by atoms with van der Waals surface area (Å²) in [6.07, 6.45) is -3.85. The largest absolute Gasteiger partial charge is 0.457 e. The molecule has 0 bridgehead atoms. The minimum Gasteiger partial charge on any atom is -0.457 e. The Bertz CT molecular complexity index is 219. The van der Waals surface area contributed by atoms with E-state index >= 15 is 0 Å². The molecule has 0 aromatic heterocycles. The fraction of sp³-hybridized carbons (Fsp3) is 0.625. The van der Waals surface area contributed by atoms with Crippen LogP contribution in [-0.2, 0) is 14.3 Å². The van der Waals surface area contributed by atoms with E-state index in [1.807, 2.05) is 0 Å². The number of esters is 1. The first-order chi connectivity index (χ1) is 5.94. The average Bonchev–Trinajstić information content (AvgIpc) is 1.99. The van der Waals surface area contributed by atoms with Gasteiger partial charge in [0.05, 0.1) is 6.42 Å². The van der Waals surface area contributed by atoms with Crippen molar-refractivity contribution in [3.63, 3.8) is 0 Å². The second kappa shape index (κ2) is 3.41. The van der Waals surface area contributed by atoms with Gasteiger partial charge in [-0.05, 0) is 6.92 Å². The Hall–Kier alpha value is -0.970. The summed E-state index contributed by atoms with van der Waals surface area (Å²) in [4.78, 5) is 10.6. The molecule has 0 aromatic carbocycles. The highest BCUT2D eigenvalue weighted by molar-refractivity contribution is 5.81. The molecule has 5 heteroatoms. The topological polar surface area (TPSA) is 35.5 Å². The summed E-state index contributed by atoms with van der Waals surface area (Å²) >= 11 is 0. The van der Waals surface area contributed by atoms with Crippen LogP contribution in [0.15, 0.2) is 12.7 Å². The fourth-order valence-electron chi connectivity index (χ4n) is 1.02. The highest BCUT2D eigenvalue weighted by atomic mass is 19.3. The summed E-state index contributed by atoms with van der Waals surface area (Å²) in [5.74, 6) is -0.633. The van der Waals surface area contributed by atoms with Gasteiger partial charge in [0.25, 0.3) is 0 Å². The molecule has 0 aliphatic carbocycles. The smallest absolute Gasteiger partial charge is 0.358 e. The van der Waals surface area contributed by atoms with Crippen LogP contribution in [0, 0.1) is 0 Å². The summed E-state index contributed by atoms with van der Waals surface area (Å²) in [7, 11) is 0. The van der Waals surface area contributed by atoms with Gasteiger partial charge >= 0.3 is 12.1 Å². The summed E-state index contributed by atoms with van der Waals surface area (Å²) in [5, 5.41) is 0. The standard InChI is InChI=1S/C8H10F2O3/c1-3-7(11)12-5(2)6-4-8(9,10)13-6/h3,5-6H,1,4H2,2H3. The number of hydrogen-bond donors (Lipinski definition) is 0. The molecule has 2 atom stereocenters. The van der Waals surface area contributed by atoms with Gasteiger partial charge in [0, 0.05) is 6.08 Å². The van der Waals surface area contributed by atoms with Crippen molar-refractivity contribution in [2.45, 2.75) is 31.7 Å². The second-order valence-electron chi connectivity index (χ2n) is 2.84. The zero-order chi connectivity index (χ0) is 10.1. The van der Waals surface area contributed by atoms with E-state index in [9.17, 15) is 13.6 Å². The number of ether oxygens (including phenoxy) is 2. The van der Waals surface area contributed by atoms with Crippen LogP contribution in [0.4, 0.5) is 8.78 Å². The zero-order valence-corrected chi connectivity index (χ0v) is 7.13. The molecule has 1 saturated heterocycles. The van der Waals surface area contributed by atoms with E-state index < -0.39 is 30.7 Å². The van der Waals surface area contributed by atoms with Crippen molar-refractivity contribution in [2.24, 2.45) is 0 Å². The van der Waals surface area contributed by atoms with Gasteiger partial charge in [-0.2, -0.15) is 8.78 Å². The molecule has 0 radical (unpaired) electrons. The predicted octanol–water partition coefficient (Wildman–Crippen LogP) is 1.49. The van der Waals surface area contributed by atoms with Crippen molar-refractivity contribution in [3.05, 3.63) is 12.7 Å². The van der Waals surface area contributed by atoms with Crippen LogP contribution in [0.25, 0.3) is 0 Å². The Morgan fingerprint density at radius 2 is 2.38 bits per heavy atom. The molecule has 0 N–H and O–H groups in total. The quantitative estimate of drug-likeness (QED) is 0.502. The van der Waals surface area contributed by atoms with Gasteiger partial charge in [-0.25, -0.2) is 4.79 Å². The molecular formula is C8H10F2O3. The molecule has 1 rings (SSSR count). The number of alkyl halides is 2. The SMILES string of the molecule is C=CC(=O)OC(C)C1CC(F)(F)O1. The third-order valence-corrected chi connectivity index (χ3v) is 1.75. The van der Waals surface area contributed by atoms with Crippen molar-refractivity contribution in [1.29, 1.82) is 0 Å². The highest BCUT2D eigenvalue weighted by Crippen LogP contribution is 2.37. The van der Waals surface area contributed by atoms with Crippen LogP contribution < -0.4 is 0 Å². The van der Waals surface area contributed by atoms with Crippen LogP contribution in [0.5, 0.6) is 0 Å². The lowest BCUT2D eigenvalue weighted by Gasteiger charge is -2.37. The lowest BCUT2D eigenvalue weighted by atomic mass is 10.1. The summed E-state index contributed by atoms with van der Waals surface area (Å²) in [6, 6.07) is 0. The minimum absolute atomic E-state index is 0.404. The number of carbonyl (C=O) groups excluding carboxylic acids is 1. The van der Waals surface area contributed by atoms with E-state index in [4.69, 9.17) is 0 Å². The van der Waals surface area contributed by atoms with Crippen molar-refractivity contribution < 1.29 is 23.0 Å². The molecule has 1 aliphatic rings. The van der Waals surface area contributed by atoms with Gasteiger partial charge in [0.15, 0.2) is 0 Å². The normalized spacial score (nSPS) is 27.2. The van der Waals surface area contributed by atoms with E-state index in [0.717, 1.165) is 6.08 Å². The van der Waals surface area contributed by atoms with Crippen molar-refractivity contribution in [2.75, 3.05) is 0 Å². The minimum atomic E-state index is -3.06. The van der Waals surface area contributed by atoms with Crippen molar-refractivity contribution in [1.82, 2.24) is 0 Å². The first kappa shape index (κ1) is 10.1. The van der Waals surface area contributed by atoms with E-state index in [1.54, 1.807) is 0 Å². The molecule has 0 amide bonds. The van der Waals surface area contributed by atoms with E-state index in [-0.39, 0.29) is 0 Å². The molecule has 3 nitrogen and oxygen atoms in total. The Morgan fingerprint density at radius 3 is 2.77 bits per heavy atom. The maximum absolute atomic E-state index is 12.2. The monoisotopic (exact) mass is 192 g/mol. The predicted molar refractivity (Wildman–Crippen MR) is 40.2 cm³/mol. The number of hydrogen-bond acceptors (Lipinski definition) is 3. The Labute approximate surface area is 74.3 Å². The van der Waals surface area contributed by atoms with Crippen LogP contribution >= 0.6 is 0 Å². The first-order valence-corrected chi connectivity index (χ1v) is 3.83. The summed E-state index contributed by atoms with van der Waals surface area (Å²) in [5.41, 5.74) is 0. The van der Waals surface area contributed by atoms with Crippen LogP contribution in [0.1, 0.15) is 13.3 Å². The molecule has 0 aromatic rings. The Balaban J connectivity index is 2.30. The first-order valence-electron chi connectivity index (χ1n) is 3.83. The molecule has 1 aliphatic heterocycles. The maximum atomic E-state index is 12.2. The number of halogens is 2. The van der Waals surface area contributed by atoms with Crippen LogP contribution in [0.2, 0.25) is 0 Å². The second-order valence-corrected chi connectivity index (χ2v) is 2.84. The Kier molecular flexibility index (Phi) is 2.66. The van der Waals surface area contributed by atoms with E-state index in [2.05, 4.69) is 16.1 Å². The van der Waals surface area contributed by atoms with E-state index in [1.165, 1.54) is 6.92 Å². The average molecular weight is 192 g/mol. The molecule has 13 heavy (non-hydrogen) atoms. The fourth-order valence-corrected chi connectivity index (χ4v) is 1.02. The number of carbonyl (C=O) groups is 1. The lowest BCUT2D eigenvalue weighted by Crippen LogP contribution is -2.50. The van der Waals surface area contributed by atoms with Gasteiger partial charge in [0.2, 0.25) is 0 Å². The van der Waals surface area contributed by atoms with Gasteiger partial charge in [0.1, 0.15) is 12.2 Å². The van der Waals surface area contributed by atoms with Gasteiger partial charge in [-0.3, -0.25) is 0 Å². The highest BCUT2D eigenvalue weighted by Gasteiger charge is 2.50. The summed E-state index contributed by atoms with van der Waals surface area (Å²) in [6.45, 7) is 4.68. The zero-order valence-electron chi connectivity index (χ0n) is 7.13. The molecular weight excluding hydrogens is 182 g/mol.